The second kappa shape index (κ2) is 6.29. The van der Waals surface area contributed by atoms with Crippen LogP contribution < -0.4 is 0 Å². The first kappa shape index (κ1) is 15.1. The van der Waals surface area contributed by atoms with E-state index in [9.17, 15) is 14.4 Å². The van der Waals surface area contributed by atoms with Gasteiger partial charge in [0.2, 0.25) is 6.29 Å². The van der Waals surface area contributed by atoms with Gasteiger partial charge in [-0.15, -0.1) is 0 Å². The molecule has 0 aliphatic carbocycles. The van der Waals surface area contributed by atoms with Crippen LogP contribution in [0.25, 0.3) is 0 Å². The molecule has 1 aliphatic rings. The van der Waals surface area contributed by atoms with Gasteiger partial charge in [-0.05, 0) is 6.92 Å². The summed E-state index contributed by atoms with van der Waals surface area (Å²) in [6.45, 7) is 3.88. The highest BCUT2D eigenvalue weighted by Gasteiger charge is 2.42. The van der Waals surface area contributed by atoms with E-state index in [-0.39, 0.29) is 12.2 Å². The molecule has 0 aromatic carbocycles. The van der Waals surface area contributed by atoms with Crippen molar-refractivity contribution >= 4 is 33.7 Å². The molecule has 1 rings (SSSR count). The highest BCUT2D eigenvalue weighted by atomic mass is 79.9. The Morgan fingerprint density at radius 3 is 2.11 bits per heavy atom. The quantitative estimate of drug-likeness (QED) is 0.568. The molecule has 0 aromatic heterocycles. The fraction of sp³-hybridized carbons (Fsp3) is 0.727. The van der Waals surface area contributed by atoms with Crippen LogP contribution in [0.2, 0.25) is 0 Å². The highest BCUT2D eigenvalue weighted by Crippen LogP contribution is 2.29. The van der Waals surface area contributed by atoms with Crippen molar-refractivity contribution < 1.29 is 28.6 Å². The van der Waals surface area contributed by atoms with Crippen LogP contribution in [-0.4, -0.2) is 41.0 Å². The van der Waals surface area contributed by atoms with Crippen molar-refractivity contribution in [1.82, 2.24) is 0 Å². The third-order valence-corrected chi connectivity index (χ3v) is 3.43. The summed E-state index contributed by atoms with van der Waals surface area (Å²) in [5.74, 6) is -1.20. The molecule has 1 saturated heterocycles. The predicted molar refractivity (Wildman–Crippen MR) is 64.0 cm³/mol. The van der Waals surface area contributed by atoms with Gasteiger partial charge in [-0.3, -0.25) is 14.4 Å². The van der Waals surface area contributed by atoms with Gasteiger partial charge in [0.25, 0.3) is 0 Å². The lowest BCUT2D eigenvalue weighted by Gasteiger charge is -2.36. The minimum atomic E-state index is -0.950. The average molecular weight is 323 g/mol. The second-order valence-corrected chi connectivity index (χ2v) is 5.10. The molecule has 0 radical (unpaired) electrons. The van der Waals surface area contributed by atoms with E-state index < -0.39 is 35.3 Å². The van der Waals surface area contributed by atoms with Gasteiger partial charge in [0, 0.05) is 20.3 Å². The van der Waals surface area contributed by atoms with Crippen LogP contribution >= 0.6 is 15.9 Å². The van der Waals surface area contributed by atoms with Crippen LogP contribution in [0.1, 0.15) is 27.2 Å². The molecule has 0 amide bonds. The van der Waals surface area contributed by atoms with Crippen molar-refractivity contribution in [2.24, 2.45) is 0 Å². The normalized spacial score (nSPS) is 31.6. The molecule has 18 heavy (non-hydrogen) atoms. The van der Waals surface area contributed by atoms with Gasteiger partial charge < -0.3 is 14.2 Å². The third kappa shape index (κ3) is 4.06. The number of carbonyl (C=O) groups is 3. The topological polar surface area (TPSA) is 78.9 Å². The molecular formula is C11H15BrO6. The Morgan fingerprint density at radius 1 is 1.11 bits per heavy atom. The van der Waals surface area contributed by atoms with Gasteiger partial charge >= 0.3 is 11.9 Å². The highest BCUT2D eigenvalue weighted by molar-refractivity contribution is 9.09. The summed E-state index contributed by atoms with van der Waals surface area (Å²) in [6.07, 6.45) is -2.03. The molecule has 0 aromatic rings. The summed E-state index contributed by atoms with van der Waals surface area (Å²) in [7, 11) is 0. The molecule has 1 aliphatic heterocycles. The monoisotopic (exact) mass is 322 g/mol. The SMILES string of the molecule is CC(=O)O[C@H]1O[C@@H](C(C)=O)C[C@@H](OC(C)=O)[C@@H]1Br. The lowest BCUT2D eigenvalue weighted by molar-refractivity contribution is -0.214. The first-order chi connectivity index (χ1) is 8.31. The Labute approximate surface area is 113 Å². The number of carbonyl (C=O) groups excluding carboxylic acids is 3. The molecule has 7 heteroatoms. The molecule has 0 unspecified atom stereocenters. The summed E-state index contributed by atoms with van der Waals surface area (Å²) >= 11 is 3.26. The molecule has 102 valence electrons. The zero-order chi connectivity index (χ0) is 13.9. The zero-order valence-electron chi connectivity index (χ0n) is 10.3. The maximum atomic E-state index is 11.3. The standard InChI is InChI=1S/C11H15BrO6/c1-5(13)8-4-9(16-6(2)14)10(12)11(18-8)17-7(3)15/h8-11H,4H2,1-3H3/t8-,9-,10+,11+/m1/s1. The molecule has 0 bridgehead atoms. The van der Waals surface area contributed by atoms with Crippen LogP contribution in [0.5, 0.6) is 0 Å². The predicted octanol–water partition coefficient (Wildman–Crippen LogP) is 0.949. The Kier molecular flexibility index (Phi) is 5.28. The van der Waals surface area contributed by atoms with Crippen molar-refractivity contribution in [3.63, 3.8) is 0 Å². The summed E-state index contributed by atoms with van der Waals surface area (Å²) in [5.41, 5.74) is 0. The summed E-state index contributed by atoms with van der Waals surface area (Å²) in [5, 5.41) is 0. The Balaban J connectivity index is 2.80. The van der Waals surface area contributed by atoms with Gasteiger partial charge in [0.05, 0.1) is 0 Å². The minimum Gasteiger partial charge on any atom is -0.461 e. The van der Waals surface area contributed by atoms with E-state index in [0.29, 0.717) is 0 Å². The molecule has 1 heterocycles. The number of rotatable bonds is 3. The first-order valence-corrected chi connectivity index (χ1v) is 6.37. The van der Waals surface area contributed by atoms with E-state index in [1.54, 1.807) is 0 Å². The largest absolute Gasteiger partial charge is 0.461 e. The molecule has 0 saturated carbocycles. The van der Waals surface area contributed by atoms with Crippen molar-refractivity contribution in [3.05, 3.63) is 0 Å². The average Bonchev–Trinajstić information content (AvgIpc) is 2.22. The molecule has 4 atom stereocenters. The van der Waals surface area contributed by atoms with Crippen LogP contribution in [0, 0.1) is 0 Å². The van der Waals surface area contributed by atoms with Crippen molar-refractivity contribution in [3.8, 4) is 0 Å². The number of Topliss-reactive ketones (excluding diaryl/α,β-unsaturated/α-hetero) is 1. The van der Waals surface area contributed by atoms with Gasteiger partial charge in [0.1, 0.15) is 17.0 Å². The second-order valence-electron chi connectivity index (χ2n) is 4.04. The zero-order valence-corrected chi connectivity index (χ0v) is 11.9. The lowest BCUT2D eigenvalue weighted by Crippen LogP contribution is -2.50. The molecular weight excluding hydrogens is 308 g/mol. The maximum Gasteiger partial charge on any atom is 0.304 e. The number of esters is 2. The van der Waals surface area contributed by atoms with Gasteiger partial charge in [0.15, 0.2) is 5.78 Å². The number of alkyl halides is 1. The summed E-state index contributed by atoms with van der Waals surface area (Å²) < 4.78 is 15.4. The Hall–Kier alpha value is -0.950. The van der Waals surface area contributed by atoms with Gasteiger partial charge in [-0.25, -0.2) is 0 Å². The van der Waals surface area contributed by atoms with Crippen molar-refractivity contribution in [2.75, 3.05) is 0 Å². The van der Waals surface area contributed by atoms with Gasteiger partial charge in [-0.2, -0.15) is 0 Å². The number of ketones is 1. The van der Waals surface area contributed by atoms with E-state index in [4.69, 9.17) is 14.2 Å². The molecule has 6 nitrogen and oxygen atoms in total. The molecule has 0 spiro atoms. The Bertz CT molecular complexity index is 329. The van der Waals surface area contributed by atoms with Gasteiger partial charge in [-0.1, -0.05) is 15.9 Å². The minimum absolute atomic E-state index is 0.205. The fourth-order valence-electron chi connectivity index (χ4n) is 1.65. The summed E-state index contributed by atoms with van der Waals surface area (Å²) in [6, 6.07) is 0. The number of ether oxygens (including phenoxy) is 3. The smallest absolute Gasteiger partial charge is 0.304 e. The molecule has 0 N–H and O–H groups in total. The van der Waals surface area contributed by atoms with E-state index in [2.05, 4.69) is 15.9 Å². The third-order valence-electron chi connectivity index (χ3n) is 2.41. The molecule has 1 fully saturated rings. The van der Waals surface area contributed by atoms with E-state index >= 15 is 0 Å². The van der Waals surface area contributed by atoms with E-state index in [0.717, 1.165) is 0 Å². The van der Waals surface area contributed by atoms with Crippen molar-refractivity contribution in [2.45, 2.75) is 50.5 Å². The van der Waals surface area contributed by atoms with Crippen molar-refractivity contribution in [1.29, 1.82) is 0 Å². The van der Waals surface area contributed by atoms with Crippen LogP contribution in [0.4, 0.5) is 0 Å². The van der Waals surface area contributed by atoms with Crippen LogP contribution in [0.3, 0.4) is 0 Å². The number of hydrogen-bond donors (Lipinski definition) is 0. The maximum absolute atomic E-state index is 11.3. The van der Waals surface area contributed by atoms with Crippen LogP contribution in [0.15, 0.2) is 0 Å². The first-order valence-electron chi connectivity index (χ1n) is 5.45. The Morgan fingerprint density at radius 2 is 1.67 bits per heavy atom. The fourth-order valence-corrected chi connectivity index (χ4v) is 2.21. The summed E-state index contributed by atoms with van der Waals surface area (Å²) in [4.78, 5) is 32.8. The number of halogens is 1. The van der Waals surface area contributed by atoms with E-state index in [1.165, 1.54) is 20.8 Å². The lowest BCUT2D eigenvalue weighted by atomic mass is 10.0. The number of hydrogen-bond acceptors (Lipinski definition) is 6. The van der Waals surface area contributed by atoms with E-state index in [1.807, 2.05) is 0 Å². The van der Waals surface area contributed by atoms with Crippen LogP contribution in [-0.2, 0) is 28.6 Å².